The summed E-state index contributed by atoms with van der Waals surface area (Å²) >= 11 is 4.85. The molecule has 2 aromatic rings. The molecule has 1 aromatic carbocycles. The second kappa shape index (κ2) is 6.79. The predicted molar refractivity (Wildman–Crippen MR) is 84.4 cm³/mol. The molecule has 0 saturated heterocycles. The van der Waals surface area contributed by atoms with Crippen LogP contribution in [0.2, 0.25) is 0 Å². The highest BCUT2D eigenvalue weighted by Gasteiger charge is 2.14. The number of hydrogen-bond acceptors (Lipinski definition) is 4. The lowest BCUT2D eigenvalue weighted by atomic mass is 10.2. The Morgan fingerprint density at radius 2 is 2.19 bits per heavy atom. The van der Waals surface area contributed by atoms with Crippen LogP contribution in [0, 0.1) is 0 Å². The van der Waals surface area contributed by atoms with E-state index in [-0.39, 0.29) is 9.88 Å². The molecule has 0 amide bonds. The molecule has 0 bridgehead atoms. The first-order valence-corrected chi connectivity index (χ1v) is 8.25. The third-order valence-electron chi connectivity index (χ3n) is 2.84. The fourth-order valence-electron chi connectivity index (χ4n) is 1.78. The quantitative estimate of drug-likeness (QED) is 0.583. The number of benzene rings is 1. The van der Waals surface area contributed by atoms with Gasteiger partial charge in [0.1, 0.15) is 4.99 Å². The molecule has 6 nitrogen and oxygen atoms in total. The van der Waals surface area contributed by atoms with E-state index in [2.05, 4.69) is 9.82 Å². The van der Waals surface area contributed by atoms with Crippen LogP contribution in [0.5, 0.6) is 0 Å². The minimum Gasteiger partial charge on any atom is -0.389 e. The van der Waals surface area contributed by atoms with Gasteiger partial charge in [-0.15, -0.1) is 0 Å². The van der Waals surface area contributed by atoms with Crippen molar-refractivity contribution in [3.63, 3.8) is 0 Å². The SMILES string of the molecule is NC(=S)c1cccc(S(=O)(=O)NCCCn2cccn2)c1. The average Bonchev–Trinajstić information content (AvgIpc) is 2.97. The van der Waals surface area contributed by atoms with E-state index < -0.39 is 10.0 Å². The van der Waals surface area contributed by atoms with Gasteiger partial charge in [0, 0.05) is 31.0 Å². The summed E-state index contributed by atoms with van der Waals surface area (Å²) in [5, 5.41) is 4.05. The zero-order chi connectivity index (χ0) is 15.3. The van der Waals surface area contributed by atoms with Crippen molar-refractivity contribution in [1.82, 2.24) is 14.5 Å². The molecule has 3 N–H and O–H groups in total. The maximum absolute atomic E-state index is 12.2. The molecule has 0 aliphatic rings. The Hall–Kier alpha value is -1.77. The van der Waals surface area contributed by atoms with E-state index in [1.807, 2.05) is 12.3 Å². The van der Waals surface area contributed by atoms with Crippen LogP contribution in [-0.2, 0) is 16.6 Å². The van der Waals surface area contributed by atoms with Gasteiger partial charge in [-0.1, -0.05) is 24.4 Å². The number of aromatic nitrogens is 2. The molecule has 1 heterocycles. The molecule has 1 aromatic heterocycles. The van der Waals surface area contributed by atoms with Gasteiger partial charge >= 0.3 is 0 Å². The van der Waals surface area contributed by atoms with E-state index in [0.29, 0.717) is 25.1 Å². The van der Waals surface area contributed by atoms with Crippen molar-refractivity contribution in [2.24, 2.45) is 5.73 Å². The first-order valence-electron chi connectivity index (χ1n) is 6.36. The molecule has 0 aliphatic heterocycles. The first-order chi connectivity index (χ1) is 9.99. The minimum absolute atomic E-state index is 0.159. The van der Waals surface area contributed by atoms with E-state index in [1.54, 1.807) is 23.0 Å². The molecule has 0 radical (unpaired) electrons. The Bertz CT molecular complexity index is 712. The summed E-state index contributed by atoms with van der Waals surface area (Å²) in [4.78, 5) is 0.331. The summed E-state index contributed by atoms with van der Waals surface area (Å²) in [7, 11) is -3.55. The fraction of sp³-hybridized carbons (Fsp3) is 0.231. The topological polar surface area (TPSA) is 90.0 Å². The average molecular weight is 324 g/mol. The van der Waals surface area contributed by atoms with Gasteiger partial charge in [-0.05, 0) is 24.6 Å². The predicted octanol–water partition coefficient (Wildman–Crippen LogP) is 0.886. The van der Waals surface area contributed by atoms with Gasteiger partial charge in [0.2, 0.25) is 10.0 Å². The van der Waals surface area contributed by atoms with Crippen molar-refractivity contribution >= 4 is 27.2 Å². The summed E-state index contributed by atoms with van der Waals surface area (Å²) < 4.78 is 28.6. The number of thiocarbonyl (C=S) groups is 1. The summed E-state index contributed by atoms with van der Waals surface area (Å²) in [6.07, 6.45) is 4.17. The van der Waals surface area contributed by atoms with E-state index in [1.165, 1.54) is 12.1 Å². The monoisotopic (exact) mass is 324 g/mol. The standard InChI is InChI=1S/C13H16N4O2S2/c14-13(20)11-4-1-5-12(10-11)21(18,19)16-7-3-9-17-8-2-6-15-17/h1-2,4-6,8,10,16H,3,7,9H2,(H2,14,20). The summed E-state index contributed by atoms with van der Waals surface area (Å²) in [5.74, 6) is 0. The molecule has 0 unspecified atom stereocenters. The first kappa shape index (κ1) is 15.6. The maximum atomic E-state index is 12.2. The molecule has 2 rings (SSSR count). The Balaban J connectivity index is 1.95. The van der Waals surface area contributed by atoms with Crippen LogP contribution in [0.15, 0.2) is 47.6 Å². The minimum atomic E-state index is -3.55. The van der Waals surface area contributed by atoms with E-state index in [0.717, 1.165) is 0 Å². The number of nitrogens with one attached hydrogen (secondary N) is 1. The summed E-state index contributed by atoms with van der Waals surface area (Å²) in [6.45, 7) is 0.988. The van der Waals surface area contributed by atoms with Crippen molar-refractivity contribution in [2.45, 2.75) is 17.9 Å². The van der Waals surface area contributed by atoms with Crippen LogP contribution < -0.4 is 10.5 Å². The van der Waals surface area contributed by atoms with E-state index in [4.69, 9.17) is 18.0 Å². The van der Waals surface area contributed by atoms with Crippen LogP contribution in [-0.4, -0.2) is 29.7 Å². The molecule has 112 valence electrons. The van der Waals surface area contributed by atoms with E-state index in [9.17, 15) is 8.42 Å². The smallest absolute Gasteiger partial charge is 0.240 e. The van der Waals surface area contributed by atoms with Crippen LogP contribution in [0.3, 0.4) is 0 Å². The number of nitrogens with two attached hydrogens (primary N) is 1. The second-order valence-corrected chi connectivity index (χ2v) is 6.62. The Kier molecular flexibility index (Phi) is 5.05. The van der Waals surface area contributed by atoms with Crippen LogP contribution in [0.4, 0.5) is 0 Å². The normalized spacial score (nSPS) is 11.4. The van der Waals surface area contributed by atoms with Crippen LogP contribution >= 0.6 is 12.2 Å². The van der Waals surface area contributed by atoms with Gasteiger partial charge in [-0.3, -0.25) is 4.68 Å². The van der Waals surface area contributed by atoms with Gasteiger partial charge in [0.15, 0.2) is 0 Å². The lowest BCUT2D eigenvalue weighted by Crippen LogP contribution is -2.26. The lowest BCUT2D eigenvalue weighted by molar-refractivity contribution is 0.553. The highest BCUT2D eigenvalue weighted by atomic mass is 32.2. The van der Waals surface area contributed by atoms with Crippen molar-refractivity contribution in [3.8, 4) is 0 Å². The van der Waals surface area contributed by atoms with Gasteiger partial charge in [-0.2, -0.15) is 5.10 Å². The van der Waals surface area contributed by atoms with Crippen molar-refractivity contribution < 1.29 is 8.42 Å². The highest BCUT2D eigenvalue weighted by Crippen LogP contribution is 2.11. The fourth-order valence-corrected chi connectivity index (χ4v) is 3.03. The van der Waals surface area contributed by atoms with Gasteiger partial charge < -0.3 is 5.73 Å². The molecular weight excluding hydrogens is 308 g/mol. The maximum Gasteiger partial charge on any atom is 0.240 e. The summed E-state index contributed by atoms with van der Waals surface area (Å²) in [6, 6.07) is 8.10. The zero-order valence-electron chi connectivity index (χ0n) is 11.3. The van der Waals surface area contributed by atoms with E-state index >= 15 is 0 Å². The molecule has 0 fully saturated rings. The number of hydrogen-bond donors (Lipinski definition) is 2. The molecular formula is C13H16N4O2S2. The Morgan fingerprint density at radius 3 is 2.86 bits per heavy atom. The van der Waals surface area contributed by atoms with Crippen LogP contribution in [0.1, 0.15) is 12.0 Å². The number of rotatable bonds is 7. The van der Waals surface area contributed by atoms with Crippen molar-refractivity contribution in [3.05, 3.63) is 48.3 Å². The van der Waals surface area contributed by atoms with Gasteiger partial charge in [0.25, 0.3) is 0 Å². The third-order valence-corrected chi connectivity index (χ3v) is 4.54. The molecule has 21 heavy (non-hydrogen) atoms. The van der Waals surface area contributed by atoms with Gasteiger partial charge in [0.05, 0.1) is 4.90 Å². The van der Waals surface area contributed by atoms with Crippen molar-refractivity contribution in [2.75, 3.05) is 6.54 Å². The molecule has 0 aliphatic carbocycles. The molecule has 0 atom stereocenters. The Morgan fingerprint density at radius 1 is 1.38 bits per heavy atom. The molecule has 0 saturated carbocycles. The molecule has 0 spiro atoms. The number of sulfonamides is 1. The van der Waals surface area contributed by atoms with Crippen LogP contribution in [0.25, 0.3) is 0 Å². The summed E-state index contributed by atoms with van der Waals surface area (Å²) in [5.41, 5.74) is 6.04. The Labute approximate surface area is 129 Å². The third kappa shape index (κ3) is 4.35. The lowest BCUT2D eigenvalue weighted by Gasteiger charge is -2.08. The second-order valence-electron chi connectivity index (χ2n) is 4.41. The van der Waals surface area contributed by atoms with Gasteiger partial charge in [-0.25, -0.2) is 13.1 Å². The number of aryl methyl sites for hydroxylation is 1. The highest BCUT2D eigenvalue weighted by molar-refractivity contribution is 7.89. The largest absolute Gasteiger partial charge is 0.389 e. The zero-order valence-corrected chi connectivity index (χ0v) is 12.9. The molecule has 8 heteroatoms. The number of nitrogens with zero attached hydrogens (tertiary/aromatic N) is 2. The van der Waals surface area contributed by atoms with Crippen molar-refractivity contribution in [1.29, 1.82) is 0 Å².